The van der Waals surface area contributed by atoms with Gasteiger partial charge in [-0.25, -0.2) is 4.79 Å². The second kappa shape index (κ2) is 15.0. The Morgan fingerprint density at radius 1 is 0.654 bits per heavy atom. The van der Waals surface area contributed by atoms with Crippen LogP contribution in [0.2, 0.25) is 20.1 Å². The first-order valence-electron chi connectivity index (χ1n) is 11.5. The molecule has 0 unspecified atom stereocenters. The van der Waals surface area contributed by atoms with E-state index in [1.54, 1.807) is 0 Å². The van der Waals surface area contributed by atoms with Crippen molar-refractivity contribution < 1.29 is 154 Å². The molecule has 0 heterocycles. The Morgan fingerprint density at radius 2 is 1.04 bits per heavy atom. The average molecular weight is 915 g/mol. The Kier molecular flexibility index (Phi) is 14.1. The molecule has 30 heteroatoms. The molecule has 288 valence electrons. The fraction of sp³-hybridized carbons (Fsp3) is 0.364. The van der Waals surface area contributed by atoms with Gasteiger partial charge in [0, 0.05) is 11.6 Å². The summed E-state index contributed by atoms with van der Waals surface area (Å²) >= 11 is 22.9. The van der Waals surface area contributed by atoms with E-state index < -0.39 is 112 Å². The zero-order valence-electron chi connectivity index (χ0n) is 23.6. The number of hydrogen-bond acceptors (Lipinski definition) is 6. The molecule has 0 saturated heterocycles. The molecule has 7 nitrogen and oxygen atoms in total. The third-order valence-electron chi connectivity index (χ3n) is 5.96. The smallest absolute Gasteiger partial charge is 0.858 e. The van der Waals surface area contributed by atoms with Crippen LogP contribution in [0, 0.1) is 0 Å². The Morgan fingerprint density at radius 3 is 1.44 bits per heavy atom. The number of rotatable bonds is 12. The van der Waals surface area contributed by atoms with Crippen LogP contribution in [0.3, 0.4) is 0 Å². The number of benzene rings is 2. The van der Waals surface area contributed by atoms with Crippen molar-refractivity contribution in [3.63, 3.8) is 0 Å². The van der Waals surface area contributed by atoms with Crippen LogP contribution in [-0.4, -0.2) is 72.4 Å². The predicted molar refractivity (Wildman–Crippen MR) is 136 cm³/mol. The topological polar surface area (TPSA) is 116 Å². The zero-order valence-corrected chi connectivity index (χ0v) is 30.6. The summed E-state index contributed by atoms with van der Waals surface area (Å²) in [7, 11) is -8.02. The number of hydrogen-bond donors (Lipinski definition) is 1. The number of carboxylic acid groups (broad SMARTS) is 1. The SMILES string of the molecule is O=C(O)c1c(Cl)c(Cl)c(Cl)c(Cl)c1C([O-])=Nc1cccc(OS(=O)(=O)C(F)(F)C(F)(F)C(F)(F)C(F)(F)C(F)(F)C(F)(F)C(F)(F)C(F)(F)F)c1.[K+]. The minimum absolute atomic E-state index is 0. The summed E-state index contributed by atoms with van der Waals surface area (Å²) in [6, 6.07) is 1.05. The van der Waals surface area contributed by atoms with E-state index in [2.05, 4.69) is 9.18 Å². The summed E-state index contributed by atoms with van der Waals surface area (Å²) < 4.78 is 257. The maximum absolute atomic E-state index is 14.4. The number of nitrogens with zero attached hydrogens (tertiary/aromatic N) is 1. The normalized spacial score (nSPS) is 14.6. The van der Waals surface area contributed by atoms with Crippen molar-refractivity contribution in [2.75, 3.05) is 0 Å². The van der Waals surface area contributed by atoms with E-state index in [4.69, 9.17) is 46.4 Å². The third kappa shape index (κ3) is 7.49. The molecule has 2 rings (SSSR count). The van der Waals surface area contributed by atoms with Gasteiger partial charge < -0.3 is 14.4 Å². The van der Waals surface area contributed by atoms with E-state index in [0.29, 0.717) is 12.1 Å². The van der Waals surface area contributed by atoms with Crippen molar-refractivity contribution in [2.24, 2.45) is 4.99 Å². The molecular weight excluding hydrogens is 910 g/mol. The quantitative estimate of drug-likeness (QED) is 0.0523. The Hall–Kier alpha value is -1.26. The second-order valence-corrected chi connectivity index (χ2v) is 12.3. The molecule has 0 amide bonds. The molecule has 0 radical (unpaired) electrons. The number of aromatic carboxylic acids is 1. The van der Waals surface area contributed by atoms with Gasteiger partial charge in [0.25, 0.3) is 0 Å². The molecule has 0 aromatic heterocycles. The summed E-state index contributed by atoms with van der Waals surface area (Å²) in [5.74, 6) is -58.5. The van der Waals surface area contributed by atoms with Gasteiger partial charge in [-0.15, -0.1) is 0 Å². The summed E-state index contributed by atoms with van der Waals surface area (Å²) in [4.78, 5) is 14.7. The van der Waals surface area contributed by atoms with Gasteiger partial charge in [0.15, 0.2) is 0 Å². The number of alkyl halides is 17. The molecule has 0 aliphatic rings. The van der Waals surface area contributed by atoms with Gasteiger partial charge in [-0.3, -0.25) is 4.99 Å². The summed E-state index contributed by atoms with van der Waals surface area (Å²) in [6.45, 7) is 0. The molecule has 0 fully saturated rings. The average Bonchev–Trinajstić information content (AvgIpc) is 2.96. The van der Waals surface area contributed by atoms with Gasteiger partial charge in [-0.2, -0.15) is 83.1 Å². The van der Waals surface area contributed by atoms with Crippen LogP contribution in [0.1, 0.15) is 15.9 Å². The van der Waals surface area contributed by atoms with Crippen molar-refractivity contribution in [3.05, 3.63) is 55.5 Å². The molecule has 2 aromatic rings. The molecule has 0 saturated carbocycles. The van der Waals surface area contributed by atoms with Crippen LogP contribution in [0.15, 0.2) is 29.3 Å². The van der Waals surface area contributed by atoms with E-state index in [9.17, 15) is 98.1 Å². The number of carboxylic acids is 1. The standard InChI is InChI=1S/C22H6Cl4F17NO6S.K/c23-9-7(8(14(46)47)10(24)12(26)11(9)25)13(45)44-5-2-1-3-6(4-5)50-51(48,49)22(42,43)20(37,38)18(33,34)16(29,30)15(27,28)17(31,32)19(35,36)21(39,40)41;/h1-4H,(H,44,45)(H,46,47);/q;+1/p-1. The molecular formula is C22H5Cl4F17KNO6S. The Labute approximate surface area is 338 Å². The van der Waals surface area contributed by atoms with Crippen molar-refractivity contribution in [1.29, 1.82) is 0 Å². The minimum Gasteiger partial charge on any atom is -0.858 e. The maximum atomic E-state index is 14.4. The van der Waals surface area contributed by atoms with Crippen molar-refractivity contribution in [2.45, 2.75) is 47.0 Å². The first kappa shape index (κ1) is 48.8. The van der Waals surface area contributed by atoms with Crippen LogP contribution >= 0.6 is 46.4 Å². The summed E-state index contributed by atoms with van der Waals surface area (Å²) in [5, 5.41) is 10.7. The first-order chi connectivity index (χ1) is 22.4. The van der Waals surface area contributed by atoms with E-state index in [-0.39, 0.29) is 63.5 Å². The number of halogens is 21. The summed E-state index contributed by atoms with van der Waals surface area (Å²) in [5.41, 5.74) is -3.40. The van der Waals surface area contributed by atoms with E-state index in [1.807, 2.05) is 0 Å². The Balaban J connectivity index is 0.0000135. The van der Waals surface area contributed by atoms with Crippen LogP contribution in [0.4, 0.5) is 80.3 Å². The molecule has 0 bridgehead atoms. The van der Waals surface area contributed by atoms with Crippen molar-refractivity contribution >= 4 is 74.1 Å². The monoisotopic (exact) mass is 913 g/mol. The molecule has 0 spiro atoms. The fourth-order valence-corrected chi connectivity index (χ4v) is 5.22. The van der Waals surface area contributed by atoms with E-state index in [1.165, 1.54) is 0 Å². The second-order valence-electron chi connectivity index (χ2n) is 9.22. The molecule has 0 atom stereocenters. The zero-order chi connectivity index (χ0) is 40.5. The molecule has 0 aliphatic heterocycles. The Bertz CT molecular complexity index is 1880. The van der Waals surface area contributed by atoms with Crippen molar-refractivity contribution in [3.8, 4) is 5.75 Å². The first-order valence-corrected chi connectivity index (χ1v) is 14.4. The van der Waals surface area contributed by atoms with Crippen LogP contribution in [0.25, 0.3) is 0 Å². The fourth-order valence-electron chi connectivity index (χ4n) is 3.30. The minimum atomic E-state index is -9.05. The van der Waals surface area contributed by atoms with Gasteiger partial charge in [-0.1, -0.05) is 52.5 Å². The molecule has 0 aliphatic carbocycles. The largest absolute Gasteiger partial charge is 1.00 e. The van der Waals surface area contributed by atoms with Gasteiger partial charge in [0.05, 0.1) is 31.3 Å². The predicted octanol–water partition coefficient (Wildman–Crippen LogP) is 6.12. The van der Waals surface area contributed by atoms with E-state index in [0.717, 1.165) is 0 Å². The molecule has 1 N–H and O–H groups in total. The third-order valence-corrected chi connectivity index (χ3v) is 9.05. The molecule has 2 aromatic carbocycles. The van der Waals surface area contributed by atoms with Gasteiger partial charge >= 0.3 is 114 Å². The molecule has 52 heavy (non-hydrogen) atoms. The van der Waals surface area contributed by atoms with Gasteiger partial charge in [0.2, 0.25) is 0 Å². The van der Waals surface area contributed by atoms with Gasteiger partial charge in [0.1, 0.15) is 5.75 Å². The van der Waals surface area contributed by atoms with Gasteiger partial charge in [-0.05, 0) is 18.0 Å². The number of carbonyl (C=O) groups is 1. The maximum Gasteiger partial charge on any atom is 1.00 e. The van der Waals surface area contributed by atoms with Crippen LogP contribution in [0.5, 0.6) is 5.75 Å². The van der Waals surface area contributed by atoms with Crippen LogP contribution in [-0.2, 0) is 10.1 Å². The number of aliphatic imine (C=N–C) groups is 1. The van der Waals surface area contributed by atoms with Crippen LogP contribution < -0.4 is 60.7 Å². The summed E-state index contributed by atoms with van der Waals surface area (Å²) in [6.07, 6.45) is -7.99. The van der Waals surface area contributed by atoms with E-state index >= 15 is 0 Å². The van der Waals surface area contributed by atoms with Crippen molar-refractivity contribution in [1.82, 2.24) is 0 Å².